The van der Waals surface area contributed by atoms with E-state index in [1.54, 1.807) is 0 Å². The number of aromatic nitrogens is 5. The van der Waals surface area contributed by atoms with E-state index in [0.717, 1.165) is 60.8 Å². The Morgan fingerprint density at radius 2 is 1.43 bits per heavy atom. The second-order valence-electron chi connectivity index (χ2n) is 8.90. The molecule has 0 aliphatic carbocycles. The van der Waals surface area contributed by atoms with Crippen molar-refractivity contribution in [3.8, 4) is 11.1 Å². The van der Waals surface area contributed by atoms with Gasteiger partial charge in [0.25, 0.3) is 0 Å². The van der Waals surface area contributed by atoms with Crippen LogP contribution in [-0.4, -0.2) is 77.1 Å². The highest BCUT2D eigenvalue weighted by Crippen LogP contribution is 2.27. The van der Waals surface area contributed by atoms with Gasteiger partial charge in [0.2, 0.25) is 0 Å². The second-order valence-corrected chi connectivity index (χ2v) is 8.90. The molecule has 4 aromatic heterocycles. The molecule has 16 heteroatoms. The van der Waals surface area contributed by atoms with Crippen molar-refractivity contribution >= 4 is 17.6 Å². The average Bonchev–Trinajstić information content (AvgIpc) is 3.38. The zero-order chi connectivity index (χ0) is 30.9. The summed E-state index contributed by atoms with van der Waals surface area (Å²) in [4.78, 5) is 33.6. The minimum atomic E-state index is -5.08. The molecule has 0 unspecified atom stereocenters. The van der Waals surface area contributed by atoms with Crippen LogP contribution in [0.2, 0.25) is 0 Å². The highest BCUT2D eigenvalue weighted by molar-refractivity contribution is 5.73. The number of carboxylic acid groups (broad SMARTS) is 2. The molecule has 10 nitrogen and oxygen atoms in total. The first-order valence-electron chi connectivity index (χ1n) is 12.2. The van der Waals surface area contributed by atoms with E-state index in [1.807, 2.05) is 47.4 Å². The molecular weight excluding hydrogens is 574 g/mol. The minimum Gasteiger partial charge on any atom is -0.475 e. The van der Waals surface area contributed by atoms with Gasteiger partial charge in [0, 0.05) is 42.8 Å². The van der Waals surface area contributed by atoms with Crippen molar-refractivity contribution in [2.75, 3.05) is 13.1 Å². The third kappa shape index (κ3) is 9.50. The van der Waals surface area contributed by atoms with Gasteiger partial charge in [0.15, 0.2) is 11.5 Å². The quantitative estimate of drug-likeness (QED) is 0.317. The van der Waals surface area contributed by atoms with Crippen molar-refractivity contribution in [2.45, 2.75) is 37.7 Å². The fourth-order valence-electron chi connectivity index (χ4n) is 3.86. The van der Waals surface area contributed by atoms with Gasteiger partial charge in [0.1, 0.15) is 0 Å². The summed E-state index contributed by atoms with van der Waals surface area (Å²) in [5.74, 6) is -4.13. The first kappa shape index (κ1) is 31.9. The fourth-order valence-corrected chi connectivity index (χ4v) is 3.86. The van der Waals surface area contributed by atoms with E-state index in [1.165, 1.54) is 0 Å². The Labute approximate surface area is 234 Å². The number of hydrogen-bond donors (Lipinski definition) is 2. The summed E-state index contributed by atoms with van der Waals surface area (Å²) in [6, 6.07) is 14.3. The monoisotopic (exact) mass is 598 g/mol. The molecule has 224 valence electrons. The number of nitrogens with zero attached hydrogens (tertiary/aromatic N) is 6. The maximum Gasteiger partial charge on any atom is 0.490 e. The number of rotatable bonds is 4. The van der Waals surface area contributed by atoms with Gasteiger partial charge in [-0.25, -0.2) is 19.1 Å². The summed E-state index contributed by atoms with van der Waals surface area (Å²) in [5, 5.41) is 19.0. The lowest BCUT2D eigenvalue weighted by Gasteiger charge is -2.30. The van der Waals surface area contributed by atoms with Crippen molar-refractivity contribution in [3.05, 3.63) is 78.8 Å². The number of alkyl halides is 6. The molecular formula is C26H24F6N6O4. The molecule has 5 heterocycles. The lowest BCUT2D eigenvalue weighted by atomic mass is 9.96. The van der Waals surface area contributed by atoms with Crippen LogP contribution in [0, 0.1) is 0 Å². The van der Waals surface area contributed by atoms with E-state index < -0.39 is 24.3 Å². The third-order valence-corrected chi connectivity index (χ3v) is 5.91. The van der Waals surface area contributed by atoms with E-state index >= 15 is 0 Å². The molecule has 0 bridgehead atoms. The normalized spacial score (nSPS) is 14.3. The van der Waals surface area contributed by atoms with Crippen molar-refractivity contribution in [1.29, 1.82) is 0 Å². The summed E-state index contributed by atoms with van der Waals surface area (Å²) in [5.41, 5.74) is 4.30. The van der Waals surface area contributed by atoms with Crippen molar-refractivity contribution in [3.63, 3.8) is 0 Å². The molecule has 1 saturated heterocycles. The number of carbonyl (C=O) groups is 2. The number of halogens is 6. The Bertz CT molecular complexity index is 1430. The van der Waals surface area contributed by atoms with E-state index in [0.29, 0.717) is 5.92 Å². The molecule has 0 radical (unpaired) electrons. The van der Waals surface area contributed by atoms with Crippen LogP contribution in [0.15, 0.2) is 67.3 Å². The van der Waals surface area contributed by atoms with Gasteiger partial charge in [-0.05, 0) is 67.9 Å². The van der Waals surface area contributed by atoms with Crippen molar-refractivity contribution < 1.29 is 46.1 Å². The third-order valence-electron chi connectivity index (χ3n) is 5.91. The number of carboxylic acids is 2. The first-order chi connectivity index (χ1) is 19.7. The Morgan fingerprint density at radius 3 is 1.95 bits per heavy atom. The fraction of sp³-hybridized carbons (Fsp3) is 0.308. The van der Waals surface area contributed by atoms with Crippen LogP contribution in [0.3, 0.4) is 0 Å². The van der Waals surface area contributed by atoms with Gasteiger partial charge >= 0.3 is 24.3 Å². The highest BCUT2D eigenvalue weighted by Gasteiger charge is 2.38. The van der Waals surface area contributed by atoms with Crippen LogP contribution in [0.4, 0.5) is 26.3 Å². The van der Waals surface area contributed by atoms with Gasteiger partial charge in [-0.3, -0.25) is 14.9 Å². The Hall–Kier alpha value is -4.60. The number of fused-ring (bicyclic) bond motifs is 1. The van der Waals surface area contributed by atoms with Gasteiger partial charge in [-0.2, -0.15) is 31.4 Å². The zero-order valence-electron chi connectivity index (χ0n) is 21.6. The largest absolute Gasteiger partial charge is 0.490 e. The summed E-state index contributed by atoms with van der Waals surface area (Å²) in [7, 11) is 0. The maximum absolute atomic E-state index is 10.6. The lowest BCUT2D eigenvalue weighted by Crippen LogP contribution is -2.33. The number of likely N-dealkylation sites (tertiary alicyclic amines) is 1. The van der Waals surface area contributed by atoms with Crippen LogP contribution in [0.1, 0.15) is 30.3 Å². The van der Waals surface area contributed by atoms with Crippen LogP contribution in [-0.2, 0) is 16.1 Å². The molecule has 42 heavy (non-hydrogen) atoms. The molecule has 1 aliphatic rings. The highest BCUT2D eigenvalue weighted by atomic mass is 19.4. The summed E-state index contributed by atoms with van der Waals surface area (Å²) >= 11 is 0. The summed E-state index contributed by atoms with van der Waals surface area (Å²) < 4.78 is 65.4. The predicted molar refractivity (Wildman–Crippen MR) is 135 cm³/mol. The molecule has 5 rings (SSSR count). The van der Waals surface area contributed by atoms with E-state index in [2.05, 4.69) is 39.3 Å². The van der Waals surface area contributed by atoms with E-state index in [9.17, 15) is 26.3 Å². The topological polar surface area (TPSA) is 134 Å². The average molecular weight is 599 g/mol. The summed E-state index contributed by atoms with van der Waals surface area (Å²) in [6.45, 7) is 3.03. The summed E-state index contributed by atoms with van der Waals surface area (Å²) in [6.07, 6.45) is -0.460. The molecule has 0 saturated carbocycles. The van der Waals surface area contributed by atoms with Crippen LogP contribution in [0.25, 0.3) is 16.8 Å². The van der Waals surface area contributed by atoms with Crippen LogP contribution in [0.5, 0.6) is 0 Å². The van der Waals surface area contributed by atoms with Gasteiger partial charge in [0.05, 0.1) is 5.69 Å². The number of pyridine rings is 3. The molecule has 0 aromatic carbocycles. The second kappa shape index (κ2) is 13.8. The van der Waals surface area contributed by atoms with Gasteiger partial charge in [-0.15, -0.1) is 0 Å². The molecule has 1 aliphatic heterocycles. The minimum absolute atomic E-state index is 0.421. The Kier molecular flexibility index (Phi) is 10.5. The number of hydrogen-bond acceptors (Lipinski definition) is 7. The molecule has 1 fully saturated rings. The zero-order valence-corrected chi connectivity index (χ0v) is 21.6. The predicted octanol–water partition coefficient (Wildman–Crippen LogP) is 4.83. The molecule has 0 spiro atoms. The van der Waals surface area contributed by atoms with E-state index in [4.69, 9.17) is 29.9 Å². The number of piperidine rings is 1. The lowest BCUT2D eigenvalue weighted by molar-refractivity contribution is -0.193. The Balaban J connectivity index is 0.000000289. The maximum atomic E-state index is 10.6. The standard InChI is InChI=1S/C22H22N6.2C2HF3O2/c1-2-10-24-20(3-1)16-27-13-8-18(9-14-27)22-25-21-5-4-19(15-28(21)26-22)17-6-11-23-12-7-17;2*3-2(4,5)1(6)7/h1-7,10-12,15,18H,8-9,13-14,16H2;2*(H,6,7). The number of aliphatic carboxylic acids is 2. The van der Waals surface area contributed by atoms with Crippen molar-refractivity contribution in [1.82, 2.24) is 29.5 Å². The van der Waals surface area contributed by atoms with Gasteiger partial charge in [-0.1, -0.05) is 6.07 Å². The Morgan fingerprint density at radius 1 is 0.833 bits per heavy atom. The van der Waals surface area contributed by atoms with Gasteiger partial charge < -0.3 is 10.2 Å². The molecule has 0 amide bonds. The molecule has 4 aromatic rings. The SMILES string of the molecule is O=C(O)C(F)(F)F.O=C(O)C(F)(F)F.c1ccc(CN2CCC(c3nc4ccc(-c5ccncc5)cn4n3)CC2)nc1. The molecule has 0 atom stereocenters. The van der Waals surface area contributed by atoms with Crippen LogP contribution < -0.4 is 0 Å². The first-order valence-corrected chi connectivity index (χ1v) is 12.2. The molecule has 2 N–H and O–H groups in total. The van der Waals surface area contributed by atoms with Crippen LogP contribution >= 0.6 is 0 Å². The van der Waals surface area contributed by atoms with Crippen molar-refractivity contribution in [2.24, 2.45) is 0 Å². The van der Waals surface area contributed by atoms with E-state index in [-0.39, 0.29) is 0 Å². The smallest absolute Gasteiger partial charge is 0.475 e.